The maximum Gasteiger partial charge on any atom is 0.265 e. The third-order valence-corrected chi connectivity index (χ3v) is 7.90. The number of likely N-dealkylation sites (tertiary alicyclic amines) is 2. The number of nitrogens with one attached hydrogen (secondary N) is 1. The quantitative estimate of drug-likeness (QED) is 0.495. The van der Waals surface area contributed by atoms with Gasteiger partial charge in [0.2, 0.25) is 0 Å². The Bertz CT molecular complexity index is 1270. The lowest BCUT2D eigenvalue weighted by Crippen LogP contribution is -2.56. The fraction of sp³-hybridized carbons (Fsp3) is 0.364. The van der Waals surface area contributed by atoms with Gasteiger partial charge in [0.25, 0.3) is 5.91 Å². The Kier molecular flexibility index (Phi) is 4.97. The van der Waals surface area contributed by atoms with Gasteiger partial charge >= 0.3 is 0 Å². The third-order valence-electron chi connectivity index (χ3n) is 6.57. The number of hydrogen-bond donors (Lipinski definition) is 1. The largest absolute Gasteiger partial charge is 0.346 e. The first kappa shape index (κ1) is 19.9. The Morgan fingerprint density at radius 2 is 2.00 bits per heavy atom. The molecule has 2 aliphatic rings. The van der Waals surface area contributed by atoms with Crippen LogP contribution >= 0.6 is 22.9 Å². The molecule has 6 heterocycles. The molecule has 0 spiro atoms. The molecule has 1 amide bonds. The number of carbonyl (C=O) groups is 1. The number of halogens is 1. The lowest BCUT2D eigenvalue weighted by atomic mass is 9.97. The molecule has 0 radical (unpaired) electrons. The number of nitrogens with zero attached hydrogens (tertiary/aromatic N) is 6. The van der Waals surface area contributed by atoms with Crippen LogP contribution in [0.5, 0.6) is 0 Å². The van der Waals surface area contributed by atoms with Crippen molar-refractivity contribution in [1.29, 1.82) is 0 Å². The van der Waals surface area contributed by atoms with Crippen LogP contribution in [-0.4, -0.2) is 72.7 Å². The van der Waals surface area contributed by atoms with E-state index in [-0.39, 0.29) is 5.91 Å². The number of aromatic amines is 1. The first-order chi connectivity index (χ1) is 15.7. The minimum atomic E-state index is 0.0651. The lowest BCUT2D eigenvalue weighted by molar-refractivity contribution is 0.0199. The van der Waals surface area contributed by atoms with Crippen molar-refractivity contribution in [3.63, 3.8) is 0 Å². The molecule has 4 aromatic rings. The molecule has 6 rings (SSSR count). The van der Waals surface area contributed by atoms with Crippen molar-refractivity contribution in [2.45, 2.75) is 24.9 Å². The first-order valence-electron chi connectivity index (χ1n) is 10.8. The van der Waals surface area contributed by atoms with E-state index in [1.54, 1.807) is 12.4 Å². The van der Waals surface area contributed by atoms with Gasteiger partial charge < -0.3 is 9.88 Å². The molecule has 1 N–H and O–H groups in total. The number of H-pyrrole nitrogens is 1. The first-order valence-corrected chi connectivity index (χ1v) is 12.0. The van der Waals surface area contributed by atoms with Crippen LogP contribution in [0.3, 0.4) is 0 Å². The number of carbonyl (C=O) groups excluding carboxylic acids is 1. The average Bonchev–Trinajstić information content (AvgIpc) is 3.53. The molecule has 164 valence electrons. The molecule has 0 unspecified atom stereocenters. The second kappa shape index (κ2) is 7.99. The lowest BCUT2D eigenvalue weighted by Gasteiger charge is -2.47. The molecule has 10 heteroatoms. The summed E-state index contributed by atoms with van der Waals surface area (Å²) in [5, 5.41) is 8.05. The Morgan fingerprint density at radius 1 is 1.16 bits per heavy atom. The highest BCUT2D eigenvalue weighted by Gasteiger charge is 2.36. The Hall–Kier alpha value is -2.75. The van der Waals surface area contributed by atoms with Crippen LogP contribution in [0, 0.1) is 0 Å². The average molecular weight is 468 g/mol. The van der Waals surface area contributed by atoms with Gasteiger partial charge in [0, 0.05) is 55.6 Å². The maximum absolute atomic E-state index is 12.7. The van der Waals surface area contributed by atoms with E-state index in [4.69, 9.17) is 11.6 Å². The van der Waals surface area contributed by atoms with Gasteiger partial charge in [-0.05, 0) is 30.4 Å². The second-order valence-corrected chi connectivity index (χ2v) is 9.72. The number of rotatable bonds is 4. The number of aromatic nitrogens is 5. The second-order valence-electron chi connectivity index (χ2n) is 8.40. The predicted octanol–water partition coefficient (Wildman–Crippen LogP) is 3.70. The van der Waals surface area contributed by atoms with E-state index in [0.29, 0.717) is 22.0 Å². The van der Waals surface area contributed by atoms with Gasteiger partial charge in [-0.15, -0.1) is 11.3 Å². The van der Waals surface area contributed by atoms with E-state index in [0.717, 1.165) is 61.3 Å². The van der Waals surface area contributed by atoms with Crippen LogP contribution in [0.2, 0.25) is 5.02 Å². The molecular formula is C22H22ClN7OS. The summed E-state index contributed by atoms with van der Waals surface area (Å²) < 4.78 is 2.06. The summed E-state index contributed by atoms with van der Waals surface area (Å²) in [5.41, 5.74) is 2.75. The summed E-state index contributed by atoms with van der Waals surface area (Å²) in [6.07, 6.45) is 9.43. The van der Waals surface area contributed by atoms with E-state index >= 15 is 0 Å². The zero-order chi connectivity index (χ0) is 21.7. The topological polar surface area (TPSA) is 82.9 Å². The number of fused-ring (bicyclic) bond motifs is 1. The molecule has 2 saturated heterocycles. The van der Waals surface area contributed by atoms with Crippen molar-refractivity contribution >= 4 is 39.9 Å². The van der Waals surface area contributed by atoms with Crippen molar-refractivity contribution in [2.24, 2.45) is 0 Å². The van der Waals surface area contributed by atoms with Gasteiger partial charge in [-0.3, -0.25) is 14.4 Å². The summed E-state index contributed by atoms with van der Waals surface area (Å²) in [6.45, 7) is 3.54. The van der Waals surface area contributed by atoms with E-state index < -0.39 is 0 Å². The molecule has 32 heavy (non-hydrogen) atoms. The van der Waals surface area contributed by atoms with Gasteiger partial charge in [-0.25, -0.2) is 9.97 Å². The normalized spacial score (nSPS) is 18.3. The molecule has 0 aromatic carbocycles. The Morgan fingerprint density at radius 3 is 2.78 bits per heavy atom. The van der Waals surface area contributed by atoms with Crippen LogP contribution in [0.15, 0.2) is 42.4 Å². The predicted molar refractivity (Wildman–Crippen MR) is 124 cm³/mol. The van der Waals surface area contributed by atoms with Crippen LogP contribution in [0.25, 0.3) is 22.3 Å². The number of thiophene rings is 1. The molecule has 8 nitrogen and oxygen atoms in total. The van der Waals surface area contributed by atoms with Gasteiger partial charge in [0.15, 0.2) is 0 Å². The molecule has 4 aromatic heterocycles. The zero-order valence-electron chi connectivity index (χ0n) is 17.3. The van der Waals surface area contributed by atoms with Crippen molar-refractivity contribution in [2.75, 3.05) is 26.2 Å². The van der Waals surface area contributed by atoms with E-state index in [9.17, 15) is 4.79 Å². The van der Waals surface area contributed by atoms with Crippen LogP contribution in [-0.2, 0) is 0 Å². The fourth-order valence-corrected chi connectivity index (χ4v) is 5.84. The highest BCUT2D eigenvalue weighted by molar-refractivity contribution is 7.12. The van der Waals surface area contributed by atoms with E-state index in [1.807, 2.05) is 28.7 Å². The number of hydrogen-bond acceptors (Lipinski definition) is 6. The smallest absolute Gasteiger partial charge is 0.265 e. The van der Waals surface area contributed by atoms with Gasteiger partial charge in [-0.1, -0.05) is 11.6 Å². The molecule has 0 bridgehead atoms. The van der Waals surface area contributed by atoms with Crippen LogP contribution < -0.4 is 0 Å². The van der Waals surface area contributed by atoms with E-state index in [1.165, 1.54) is 11.3 Å². The van der Waals surface area contributed by atoms with Crippen LogP contribution in [0.4, 0.5) is 0 Å². The summed E-state index contributed by atoms with van der Waals surface area (Å²) in [5.74, 6) is 0.0651. The molecule has 0 saturated carbocycles. The Labute approximate surface area is 193 Å². The molecular weight excluding hydrogens is 446 g/mol. The van der Waals surface area contributed by atoms with Gasteiger partial charge in [0.1, 0.15) is 16.9 Å². The minimum Gasteiger partial charge on any atom is -0.346 e. The summed E-state index contributed by atoms with van der Waals surface area (Å²) >= 11 is 7.56. The monoisotopic (exact) mass is 467 g/mol. The zero-order valence-corrected chi connectivity index (χ0v) is 18.9. The summed E-state index contributed by atoms with van der Waals surface area (Å²) in [7, 11) is 0. The highest BCUT2D eigenvalue weighted by Crippen LogP contribution is 2.31. The van der Waals surface area contributed by atoms with Gasteiger partial charge in [0.05, 0.1) is 23.0 Å². The fourth-order valence-electron chi connectivity index (χ4n) is 4.74. The highest BCUT2D eigenvalue weighted by atomic mass is 35.5. The van der Waals surface area contributed by atoms with E-state index in [2.05, 4.69) is 35.8 Å². The van der Waals surface area contributed by atoms with Gasteiger partial charge in [-0.2, -0.15) is 5.10 Å². The molecule has 2 aliphatic heterocycles. The summed E-state index contributed by atoms with van der Waals surface area (Å²) in [6, 6.07) is 4.68. The molecule has 2 fully saturated rings. The number of amides is 1. The molecule has 0 aliphatic carbocycles. The van der Waals surface area contributed by atoms with Crippen LogP contribution in [0.1, 0.15) is 28.6 Å². The van der Waals surface area contributed by atoms with Crippen molar-refractivity contribution in [3.05, 3.63) is 52.3 Å². The number of piperidine rings is 1. The maximum atomic E-state index is 12.7. The SMILES string of the molecule is O=C(c1sccc1Cl)N1CCC(N2CC(n3cc(-c4ncnc5[nH]ccc45)cn3)C2)CC1. The summed E-state index contributed by atoms with van der Waals surface area (Å²) in [4.78, 5) is 29.6. The van der Waals surface area contributed by atoms with Crippen molar-refractivity contribution < 1.29 is 4.79 Å². The van der Waals surface area contributed by atoms with Crippen molar-refractivity contribution in [1.82, 2.24) is 34.5 Å². The molecule has 0 atom stereocenters. The third kappa shape index (κ3) is 3.41. The van der Waals surface area contributed by atoms with Crippen molar-refractivity contribution in [3.8, 4) is 11.3 Å². The minimum absolute atomic E-state index is 0.0651. The Balaban J connectivity index is 1.06. The standard InChI is InChI=1S/C22H22ClN7OS/c23-18-4-8-32-20(18)22(31)28-6-2-15(3-7-28)29-11-16(12-29)30-10-14(9-27-30)19-17-1-5-24-21(17)26-13-25-19/h1,4-5,8-10,13,15-16H,2-3,6-7,11-12H2,(H,24,25,26).